The Bertz CT molecular complexity index is 755. The summed E-state index contributed by atoms with van der Waals surface area (Å²) >= 11 is 5.03. The van der Waals surface area contributed by atoms with Crippen molar-refractivity contribution in [2.24, 2.45) is 0 Å². The second kappa shape index (κ2) is 5.41. The summed E-state index contributed by atoms with van der Waals surface area (Å²) in [6, 6.07) is 5.69. The smallest absolute Gasteiger partial charge is 0.211 e. The molecule has 102 valence electrons. The highest BCUT2D eigenvalue weighted by Crippen LogP contribution is 2.26. The summed E-state index contributed by atoms with van der Waals surface area (Å²) in [4.78, 5) is 8.81. The third-order valence-corrected chi connectivity index (χ3v) is 4.48. The molecule has 3 heterocycles. The van der Waals surface area contributed by atoms with Gasteiger partial charge in [0.25, 0.3) is 0 Å². The minimum absolute atomic E-state index is 0.381. The van der Waals surface area contributed by atoms with Crippen LogP contribution in [0.5, 0.6) is 0 Å². The zero-order valence-electron chi connectivity index (χ0n) is 11.0. The van der Waals surface area contributed by atoms with E-state index in [-0.39, 0.29) is 0 Å². The maximum absolute atomic E-state index is 4.54. The van der Waals surface area contributed by atoms with E-state index >= 15 is 0 Å². The Morgan fingerprint density at radius 2 is 2.05 bits per heavy atom. The van der Waals surface area contributed by atoms with E-state index in [4.69, 9.17) is 0 Å². The number of hydrogen-bond acceptors (Lipinski definition) is 6. The van der Waals surface area contributed by atoms with E-state index in [1.807, 2.05) is 18.2 Å². The summed E-state index contributed by atoms with van der Waals surface area (Å²) in [5.74, 6) is 1.11. The minimum atomic E-state index is 0.381. The first-order valence-electron chi connectivity index (χ1n) is 6.15. The number of nitrogens with zero attached hydrogens (tertiary/aromatic N) is 4. The number of rotatable bonds is 3. The maximum Gasteiger partial charge on any atom is 0.211 e. The van der Waals surface area contributed by atoms with E-state index in [1.165, 1.54) is 0 Å². The van der Waals surface area contributed by atoms with Crippen LogP contribution in [0, 0.1) is 0 Å². The topological polar surface area (TPSA) is 63.6 Å². The fourth-order valence-electron chi connectivity index (χ4n) is 1.69. The van der Waals surface area contributed by atoms with Crippen molar-refractivity contribution >= 4 is 49.2 Å². The van der Waals surface area contributed by atoms with Crippen LogP contribution in [-0.4, -0.2) is 20.2 Å². The van der Waals surface area contributed by atoms with Gasteiger partial charge in [0, 0.05) is 16.6 Å². The highest BCUT2D eigenvalue weighted by Gasteiger charge is 2.09. The molecule has 0 radical (unpaired) electrons. The number of anilines is 2. The minimum Gasteiger partial charge on any atom is -0.315 e. The van der Waals surface area contributed by atoms with Gasteiger partial charge in [-0.3, -0.25) is 4.98 Å². The molecule has 0 fully saturated rings. The molecule has 7 heteroatoms. The second-order valence-corrected chi connectivity index (χ2v) is 6.45. The van der Waals surface area contributed by atoms with Gasteiger partial charge in [-0.1, -0.05) is 25.2 Å². The molecule has 0 bridgehead atoms. The Kier molecular flexibility index (Phi) is 3.62. The molecule has 1 N–H and O–H groups in total. The van der Waals surface area contributed by atoms with Crippen LogP contribution in [0.15, 0.2) is 28.9 Å². The van der Waals surface area contributed by atoms with Crippen LogP contribution in [0.2, 0.25) is 0 Å². The number of halogens is 1. The van der Waals surface area contributed by atoms with Crippen LogP contribution in [0.4, 0.5) is 10.9 Å². The molecule has 0 saturated carbocycles. The number of hydrogen-bond donors (Lipinski definition) is 1. The molecule has 0 atom stereocenters. The summed E-state index contributed by atoms with van der Waals surface area (Å²) in [6.45, 7) is 4.20. The van der Waals surface area contributed by atoms with E-state index in [1.54, 1.807) is 17.5 Å². The number of fused-ring (bicyclic) bond motifs is 1. The van der Waals surface area contributed by atoms with Gasteiger partial charge in [-0.15, -0.1) is 10.2 Å². The predicted molar refractivity (Wildman–Crippen MR) is 84.5 cm³/mol. The Hall–Kier alpha value is -1.60. The molecule has 20 heavy (non-hydrogen) atoms. The van der Waals surface area contributed by atoms with E-state index < -0.39 is 0 Å². The van der Waals surface area contributed by atoms with Crippen molar-refractivity contribution in [3.63, 3.8) is 0 Å². The summed E-state index contributed by atoms with van der Waals surface area (Å²) < 4.78 is 0.922. The zero-order valence-corrected chi connectivity index (χ0v) is 13.4. The van der Waals surface area contributed by atoms with Crippen molar-refractivity contribution in [3.05, 3.63) is 33.9 Å². The maximum atomic E-state index is 4.54. The quantitative estimate of drug-likeness (QED) is 0.770. The largest absolute Gasteiger partial charge is 0.315 e. The van der Waals surface area contributed by atoms with E-state index in [2.05, 4.69) is 55.3 Å². The van der Waals surface area contributed by atoms with Gasteiger partial charge < -0.3 is 5.32 Å². The Morgan fingerprint density at radius 3 is 2.80 bits per heavy atom. The molecule has 0 aliphatic heterocycles. The lowest BCUT2D eigenvalue weighted by Crippen LogP contribution is -1.94. The molecule has 0 aliphatic carbocycles. The van der Waals surface area contributed by atoms with Crippen LogP contribution in [0.1, 0.15) is 24.8 Å². The Morgan fingerprint density at radius 1 is 1.20 bits per heavy atom. The van der Waals surface area contributed by atoms with Crippen molar-refractivity contribution in [1.29, 1.82) is 0 Å². The number of pyridine rings is 2. The lowest BCUT2D eigenvalue weighted by molar-refractivity contribution is 0.825. The predicted octanol–water partition coefficient (Wildman–Crippen LogP) is 4.11. The van der Waals surface area contributed by atoms with Crippen molar-refractivity contribution in [3.8, 4) is 0 Å². The van der Waals surface area contributed by atoms with Gasteiger partial charge in [0.15, 0.2) is 0 Å². The highest BCUT2D eigenvalue weighted by molar-refractivity contribution is 9.10. The number of aromatic nitrogens is 4. The molecular weight excluding hydrogens is 338 g/mol. The first-order chi connectivity index (χ1) is 9.63. The molecular formula is C13H12BrN5S. The average Bonchev–Trinajstić information content (AvgIpc) is 2.88. The van der Waals surface area contributed by atoms with Crippen molar-refractivity contribution in [1.82, 2.24) is 20.2 Å². The molecule has 0 aromatic carbocycles. The van der Waals surface area contributed by atoms with Crippen molar-refractivity contribution < 1.29 is 0 Å². The lowest BCUT2D eigenvalue weighted by atomic mass is 10.2. The average molecular weight is 350 g/mol. The highest BCUT2D eigenvalue weighted by atomic mass is 79.9. The van der Waals surface area contributed by atoms with E-state index in [0.717, 1.165) is 31.5 Å². The molecule has 0 unspecified atom stereocenters. The third kappa shape index (κ3) is 2.64. The Balaban J connectivity index is 1.92. The molecule has 5 nitrogen and oxygen atoms in total. The monoisotopic (exact) mass is 349 g/mol. The van der Waals surface area contributed by atoms with E-state index in [0.29, 0.717) is 5.92 Å². The van der Waals surface area contributed by atoms with Crippen LogP contribution >= 0.6 is 27.3 Å². The molecule has 3 aromatic rings. The SMILES string of the molecule is CC(C)c1nnc(Nc2ccc3nccc(Br)c3n2)s1. The fourth-order valence-corrected chi connectivity index (χ4v) is 2.85. The van der Waals surface area contributed by atoms with Crippen LogP contribution in [0.25, 0.3) is 11.0 Å². The van der Waals surface area contributed by atoms with Crippen LogP contribution in [-0.2, 0) is 0 Å². The van der Waals surface area contributed by atoms with Gasteiger partial charge in [0.2, 0.25) is 5.13 Å². The first-order valence-corrected chi connectivity index (χ1v) is 7.76. The molecule has 0 aliphatic rings. The van der Waals surface area contributed by atoms with Crippen LogP contribution < -0.4 is 5.32 Å². The molecule has 0 saturated heterocycles. The zero-order chi connectivity index (χ0) is 14.1. The summed E-state index contributed by atoms with van der Waals surface area (Å²) in [6.07, 6.45) is 1.75. The molecule has 0 spiro atoms. The number of nitrogens with one attached hydrogen (secondary N) is 1. The van der Waals surface area contributed by atoms with Gasteiger partial charge in [0.05, 0.1) is 5.52 Å². The normalized spacial score (nSPS) is 11.2. The van der Waals surface area contributed by atoms with Gasteiger partial charge in [-0.05, 0) is 34.1 Å². The fraction of sp³-hybridized carbons (Fsp3) is 0.231. The lowest BCUT2D eigenvalue weighted by Gasteiger charge is -2.04. The van der Waals surface area contributed by atoms with Gasteiger partial charge in [-0.25, -0.2) is 4.98 Å². The summed E-state index contributed by atoms with van der Waals surface area (Å²) in [5, 5.41) is 13.2. The molecule has 0 amide bonds. The van der Waals surface area contributed by atoms with Crippen molar-refractivity contribution in [2.45, 2.75) is 19.8 Å². The molecule has 3 aromatic heterocycles. The summed E-state index contributed by atoms with van der Waals surface area (Å²) in [5.41, 5.74) is 1.68. The first kappa shape index (κ1) is 13.4. The van der Waals surface area contributed by atoms with E-state index in [9.17, 15) is 0 Å². The van der Waals surface area contributed by atoms with Gasteiger partial charge >= 0.3 is 0 Å². The van der Waals surface area contributed by atoms with Gasteiger partial charge in [0.1, 0.15) is 16.3 Å². The van der Waals surface area contributed by atoms with Crippen LogP contribution in [0.3, 0.4) is 0 Å². The third-order valence-electron chi connectivity index (χ3n) is 2.70. The standard InChI is InChI=1S/C13H12BrN5S/c1-7(2)12-18-19-13(20-12)17-10-4-3-9-11(16-10)8(14)5-6-15-9/h3-7H,1-2H3,(H,16,17,19). The Labute approximate surface area is 128 Å². The summed E-state index contributed by atoms with van der Waals surface area (Å²) in [7, 11) is 0. The van der Waals surface area contributed by atoms with Crippen molar-refractivity contribution in [2.75, 3.05) is 5.32 Å². The molecule has 3 rings (SSSR count). The second-order valence-electron chi connectivity index (χ2n) is 4.58. The van der Waals surface area contributed by atoms with Gasteiger partial charge in [-0.2, -0.15) is 0 Å².